The predicted molar refractivity (Wildman–Crippen MR) is 84.1 cm³/mol. The molecule has 19 heavy (non-hydrogen) atoms. The Kier molecular flexibility index (Phi) is 4.93. The predicted octanol–water partition coefficient (Wildman–Crippen LogP) is 4.36. The van der Waals surface area contributed by atoms with Crippen LogP contribution in [0.2, 0.25) is 0 Å². The van der Waals surface area contributed by atoms with Gasteiger partial charge in [0.05, 0.1) is 0 Å². The maximum absolute atomic E-state index is 3.37. The van der Waals surface area contributed by atoms with E-state index < -0.39 is 0 Å². The molecule has 1 nitrogen and oxygen atoms in total. The monoisotopic (exact) mass is 251 g/mol. The van der Waals surface area contributed by atoms with E-state index in [-0.39, 0.29) is 0 Å². The van der Waals surface area contributed by atoms with Crippen molar-refractivity contribution in [3.8, 4) is 11.1 Å². The van der Waals surface area contributed by atoms with Crippen LogP contribution in [-0.4, -0.2) is 12.6 Å². The van der Waals surface area contributed by atoms with Crippen LogP contribution >= 0.6 is 0 Å². The van der Waals surface area contributed by atoms with E-state index in [0.717, 1.165) is 6.54 Å². The summed E-state index contributed by atoms with van der Waals surface area (Å²) in [4.78, 5) is 0. The van der Waals surface area contributed by atoms with Gasteiger partial charge in [-0.25, -0.2) is 0 Å². The maximum Gasteiger partial charge on any atom is 0.0140 e. The lowest BCUT2D eigenvalue weighted by atomic mass is 10.0. The van der Waals surface area contributed by atoms with Gasteiger partial charge in [0.1, 0.15) is 0 Å². The number of hydrogen-bond donors (Lipinski definition) is 1. The fraction of sp³-hybridized carbons (Fsp3) is 0.222. The summed E-state index contributed by atoms with van der Waals surface area (Å²) in [7, 11) is 0. The molecule has 0 fully saturated rings. The highest BCUT2D eigenvalue weighted by molar-refractivity contribution is 5.65. The van der Waals surface area contributed by atoms with Gasteiger partial charge >= 0.3 is 0 Å². The highest BCUT2D eigenvalue weighted by atomic mass is 14.9. The second-order valence-corrected chi connectivity index (χ2v) is 4.95. The van der Waals surface area contributed by atoms with Gasteiger partial charge in [0, 0.05) is 12.6 Å². The van der Waals surface area contributed by atoms with Gasteiger partial charge in [-0.1, -0.05) is 80.6 Å². The summed E-state index contributed by atoms with van der Waals surface area (Å²) in [6, 6.07) is 19.7. The molecule has 0 saturated heterocycles. The van der Waals surface area contributed by atoms with Gasteiger partial charge in [0.2, 0.25) is 0 Å². The van der Waals surface area contributed by atoms with Crippen LogP contribution < -0.4 is 5.32 Å². The Bertz CT molecular complexity index is 509. The van der Waals surface area contributed by atoms with E-state index in [1.54, 1.807) is 0 Å². The molecule has 0 saturated carbocycles. The van der Waals surface area contributed by atoms with E-state index in [2.05, 4.69) is 79.8 Å². The second kappa shape index (κ2) is 6.91. The second-order valence-electron chi connectivity index (χ2n) is 4.95. The van der Waals surface area contributed by atoms with Crippen LogP contribution in [-0.2, 0) is 0 Å². The zero-order valence-electron chi connectivity index (χ0n) is 11.6. The SMILES string of the molecule is CC(C)NCC=Cc1ccc(-c2ccccc2)cc1. The van der Waals surface area contributed by atoms with Crippen molar-refractivity contribution in [3.63, 3.8) is 0 Å². The fourth-order valence-electron chi connectivity index (χ4n) is 1.92. The number of nitrogens with one attached hydrogen (secondary N) is 1. The Balaban J connectivity index is 1.99. The average molecular weight is 251 g/mol. The Morgan fingerprint density at radius 3 is 2.16 bits per heavy atom. The summed E-state index contributed by atoms with van der Waals surface area (Å²) in [5, 5.41) is 3.37. The van der Waals surface area contributed by atoms with Crippen molar-refractivity contribution < 1.29 is 0 Å². The largest absolute Gasteiger partial charge is 0.311 e. The molecule has 1 N–H and O–H groups in total. The van der Waals surface area contributed by atoms with Crippen molar-refractivity contribution in [2.45, 2.75) is 19.9 Å². The van der Waals surface area contributed by atoms with Crippen LogP contribution in [0, 0.1) is 0 Å². The minimum Gasteiger partial charge on any atom is -0.311 e. The molecular weight excluding hydrogens is 230 g/mol. The minimum absolute atomic E-state index is 0.533. The van der Waals surface area contributed by atoms with E-state index in [9.17, 15) is 0 Å². The first-order chi connectivity index (χ1) is 9.25. The average Bonchev–Trinajstić information content (AvgIpc) is 2.45. The third kappa shape index (κ3) is 4.38. The van der Waals surface area contributed by atoms with Crippen molar-refractivity contribution in [1.29, 1.82) is 0 Å². The molecule has 98 valence electrons. The molecule has 1 heteroatoms. The van der Waals surface area contributed by atoms with Gasteiger partial charge in [0.15, 0.2) is 0 Å². The molecule has 0 atom stereocenters. The molecule has 0 aromatic heterocycles. The van der Waals surface area contributed by atoms with Gasteiger partial charge < -0.3 is 5.32 Å². The zero-order chi connectivity index (χ0) is 13.5. The molecule has 0 unspecified atom stereocenters. The Morgan fingerprint density at radius 1 is 0.895 bits per heavy atom. The molecule has 0 spiro atoms. The minimum atomic E-state index is 0.533. The first-order valence-corrected chi connectivity index (χ1v) is 6.81. The number of hydrogen-bond acceptors (Lipinski definition) is 1. The third-order valence-corrected chi connectivity index (χ3v) is 2.97. The first kappa shape index (κ1) is 13.6. The van der Waals surface area contributed by atoms with E-state index >= 15 is 0 Å². The summed E-state index contributed by atoms with van der Waals surface area (Å²) < 4.78 is 0. The van der Waals surface area contributed by atoms with Crippen molar-refractivity contribution in [3.05, 3.63) is 66.2 Å². The molecule has 0 aliphatic carbocycles. The van der Waals surface area contributed by atoms with Crippen molar-refractivity contribution in [2.24, 2.45) is 0 Å². The molecule has 0 amide bonds. The topological polar surface area (TPSA) is 12.0 Å². The smallest absolute Gasteiger partial charge is 0.0140 e. The van der Waals surface area contributed by atoms with Crippen LogP contribution in [0.4, 0.5) is 0 Å². The molecular formula is C18H21N. The van der Waals surface area contributed by atoms with Crippen LogP contribution in [0.15, 0.2) is 60.7 Å². The molecule has 2 aromatic carbocycles. The first-order valence-electron chi connectivity index (χ1n) is 6.81. The van der Waals surface area contributed by atoms with Gasteiger partial charge in [0.25, 0.3) is 0 Å². The fourth-order valence-corrected chi connectivity index (χ4v) is 1.92. The van der Waals surface area contributed by atoms with Crippen LogP contribution in [0.3, 0.4) is 0 Å². The molecule has 0 heterocycles. The molecule has 0 radical (unpaired) electrons. The van der Waals surface area contributed by atoms with Crippen molar-refractivity contribution in [2.75, 3.05) is 6.54 Å². The van der Waals surface area contributed by atoms with Crippen LogP contribution in [0.5, 0.6) is 0 Å². The molecule has 2 aromatic rings. The van der Waals surface area contributed by atoms with Gasteiger partial charge in [-0.05, 0) is 16.7 Å². The lowest BCUT2D eigenvalue weighted by Crippen LogP contribution is -2.22. The Morgan fingerprint density at radius 2 is 1.53 bits per heavy atom. The molecule has 2 rings (SSSR count). The van der Waals surface area contributed by atoms with E-state index in [0.29, 0.717) is 6.04 Å². The van der Waals surface area contributed by atoms with E-state index in [4.69, 9.17) is 0 Å². The van der Waals surface area contributed by atoms with Crippen molar-refractivity contribution in [1.82, 2.24) is 5.32 Å². The van der Waals surface area contributed by atoms with Crippen molar-refractivity contribution >= 4 is 6.08 Å². The van der Waals surface area contributed by atoms with Crippen LogP contribution in [0.1, 0.15) is 19.4 Å². The lowest BCUT2D eigenvalue weighted by Gasteiger charge is -2.04. The zero-order valence-corrected chi connectivity index (χ0v) is 11.6. The standard InChI is InChI=1S/C18H21N/c1-15(2)19-14-6-7-16-10-12-18(13-11-16)17-8-4-3-5-9-17/h3-13,15,19H,14H2,1-2H3. The summed E-state index contributed by atoms with van der Waals surface area (Å²) in [6.45, 7) is 5.23. The van der Waals surface area contributed by atoms with E-state index in [1.165, 1.54) is 16.7 Å². The highest BCUT2D eigenvalue weighted by Crippen LogP contribution is 2.19. The summed E-state index contributed by atoms with van der Waals surface area (Å²) >= 11 is 0. The summed E-state index contributed by atoms with van der Waals surface area (Å²) in [6.07, 6.45) is 4.32. The third-order valence-electron chi connectivity index (χ3n) is 2.97. The Labute approximate surface area is 116 Å². The number of rotatable bonds is 5. The van der Waals surface area contributed by atoms with E-state index in [1.807, 2.05) is 6.07 Å². The van der Waals surface area contributed by atoms with Gasteiger partial charge in [-0.3, -0.25) is 0 Å². The van der Waals surface area contributed by atoms with Crippen LogP contribution in [0.25, 0.3) is 17.2 Å². The Hall–Kier alpha value is -1.86. The summed E-state index contributed by atoms with van der Waals surface area (Å²) in [5.74, 6) is 0. The summed E-state index contributed by atoms with van der Waals surface area (Å²) in [5.41, 5.74) is 3.77. The lowest BCUT2D eigenvalue weighted by molar-refractivity contribution is 0.633. The maximum atomic E-state index is 3.37. The highest BCUT2D eigenvalue weighted by Gasteiger charge is 1.95. The molecule has 0 bridgehead atoms. The van der Waals surface area contributed by atoms with Gasteiger partial charge in [-0.2, -0.15) is 0 Å². The normalized spacial score (nSPS) is 11.3. The molecule has 0 aliphatic heterocycles. The number of benzene rings is 2. The van der Waals surface area contributed by atoms with Gasteiger partial charge in [-0.15, -0.1) is 0 Å². The quantitative estimate of drug-likeness (QED) is 0.832. The molecule has 0 aliphatic rings.